The number of nitrogens with one attached hydrogen (secondary N) is 1. The van der Waals surface area contributed by atoms with Gasteiger partial charge in [-0.05, 0) is 25.8 Å². The summed E-state index contributed by atoms with van der Waals surface area (Å²) in [5.74, 6) is 1.16. The highest BCUT2D eigenvalue weighted by Gasteiger charge is 2.25. The molecular formula is C12H25ClN2O. The second-order valence-electron chi connectivity index (χ2n) is 4.66. The minimum Gasteiger partial charge on any atom is -0.342 e. The number of carbonyl (C=O) groups excluding carboxylic acids is 1. The number of nitrogens with zero attached hydrogens (tertiary/aromatic N) is 1. The van der Waals surface area contributed by atoms with Crippen molar-refractivity contribution >= 4 is 18.3 Å². The van der Waals surface area contributed by atoms with Gasteiger partial charge in [-0.3, -0.25) is 4.79 Å². The summed E-state index contributed by atoms with van der Waals surface area (Å²) >= 11 is 0. The second kappa shape index (κ2) is 7.91. The van der Waals surface area contributed by atoms with Gasteiger partial charge in [0.2, 0.25) is 5.91 Å². The topological polar surface area (TPSA) is 32.3 Å². The Morgan fingerprint density at radius 2 is 2.25 bits per heavy atom. The summed E-state index contributed by atoms with van der Waals surface area (Å²) in [6.45, 7) is 6.95. The predicted molar refractivity (Wildman–Crippen MR) is 69.9 cm³/mol. The molecule has 0 aliphatic carbocycles. The lowest BCUT2D eigenvalue weighted by Crippen LogP contribution is -2.44. The fraction of sp³-hybridized carbons (Fsp3) is 0.917. The molecule has 3 nitrogen and oxygen atoms in total. The lowest BCUT2D eigenvalue weighted by molar-refractivity contribution is -0.136. The number of likely N-dealkylation sites (tertiary alicyclic amines) is 1. The molecule has 1 fully saturated rings. The number of rotatable bonds is 4. The molecule has 1 aliphatic heterocycles. The highest BCUT2D eigenvalue weighted by atomic mass is 35.5. The Balaban J connectivity index is 0.00000225. The molecule has 96 valence electrons. The van der Waals surface area contributed by atoms with Gasteiger partial charge in [0.15, 0.2) is 0 Å². The largest absolute Gasteiger partial charge is 0.342 e. The lowest BCUT2D eigenvalue weighted by atomic mass is 9.94. The first kappa shape index (κ1) is 15.7. The van der Waals surface area contributed by atoms with Gasteiger partial charge in [0.25, 0.3) is 0 Å². The van der Waals surface area contributed by atoms with Crippen molar-refractivity contribution in [2.75, 3.05) is 26.7 Å². The van der Waals surface area contributed by atoms with E-state index in [-0.39, 0.29) is 18.3 Å². The number of amides is 1. The third-order valence-electron chi connectivity index (χ3n) is 3.34. The quantitative estimate of drug-likeness (QED) is 0.825. The maximum absolute atomic E-state index is 12.0. The first-order valence-electron chi connectivity index (χ1n) is 6.12. The Morgan fingerprint density at radius 3 is 2.81 bits per heavy atom. The zero-order chi connectivity index (χ0) is 11.3. The average molecular weight is 249 g/mol. The molecule has 4 heteroatoms. The van der Waals surface area contributed by atoms with Crippen molar-refractivity contribution in [1.82, 2.24) is 10.2 Å². The van der Waals surface area contributed by atoms with Gasteiger partial charge in [0, 0.05) is 25.6 Å². The average Bonchev–Trinajstić information content (AvgIpc) is 2.28. The molecule has 1 heterocycles. The zero-order valence-corrected chi connectivity index (χ0v) is 11.5. The van der Waals surface area contributed by atoms with Crippen LogP contribution in [0.3, 0.4) is 0 Å². The monoisotopic (exact) mass is 248 g/mol. The van der Waals surface area contributed by atoms with Crippen LogP contribution in [0.5, 0.6) is 0 Å². The summed E-state index contributed by atoms with van der Waals surface area (Å²) < 4.78 is 0. The van der Waals surface area contributed by atoms with Gasteiger partial charge >= 0.3 is 0 Å². The van der Waals surface area contributed by atoms with E-state index in [1.54, 1.807) is 0 Å². The zero-order valence-electron chi connectivity index (χ0n) is 10.7. The van der Waals surface area contributed by atoms with Gasteiger partial charge in [-0.2, -0.15) is 0 Å². The van der Waals surface area contributed by atoms with Crippen LogP contribution in [-0.2, 0) is 4.79 Å². The van der Waals surface area contributed by atoms with Crippen molar-refractivity contribution < 1.29 is 4.79 Å². The van der Waals surface area contributed by atoms with Crippen molar-refractivity contribution in [3.63, 3.8) is 0 Å². The van der Waals surface area contributed by atoms with Gasteiger partial charge in [0.05, 0.1) is 0 Å². The van der Waals surface area contributed by atoms with Crippen LogP contribution in [0.25, 0.3) is 0 Å². The number of carbonyl (C=O) groups is 1. The molecule has 1 aliphatic rings. The highest BCUT2D eigenvalue weighted by Crippen LogP contribution is 2.20. The van der Waals surface area contributed by atoms with E-state index in [0.29, 0.717) is 5.91 Å². The fourth-order valence-electron chi connectivity index (χ4n) is 2.30. The molecule has 2 atom stereocenters. The Labute approximate surface area is 105 Å². The first-order valence-corrected chi connectivity index (χ1v) is 6.12. The molecule has 0 bridgehead atoms. The molecule has 2 unspecified atom stereocenters. The molecule has 0 aromatic carbocycles. The Morgan fingerprint density at radius 1 is 1.56 bits per heavy atom. The molecule has 0 aromatic heterocycles. The van der Waals surface area contributed by atoms with E-state index in [1.807, 2.05) is 14.0 Å². The smallest absolute Gasteiger partial charge is 0.226 e. The van der Waals surface area contributed by atoms with E-state index in [1.165, 1.54) is 19.3 Å². The molecule has 1 N–H and O–H groups in total. The van der Waals surface area contributed by atoms with Gasteiger partial charge in [-0.15, -0.1) is 12.4 Å². The van der Waals surface area contributed by atoms with Crippen LogP contribution < -0.4 is 5.32 Å². The number of piperidine rings is 1. The molecule has 0 aromatic rings. The number of hydrogen-bond donors (Lipinski definition) is 1. The summed E-state index contributed by atoms with van der Waals surface area (Å²) in [6, 6.07) is 0. The van der Waals surface area contributed by atoms with Crippen molar-refractivity contribution in [1.29, 1.82) is 0 Å². The molecule has 0 spiro atoms. The Hall–Kier alpha value is -0.280. The minimum absolute atomic E-state index is 0. The summed E-state index contributed by atoms with van der Waals surface area (Å²) in [7, 11) is 1.90. The molecule has 1 saturated heterocycles. The lowest BCUT2D eigenvalue weighted by Gasteiger charge is -2.34. The normalized spacial score (nSPS) is 22.4. The Kier molecular flexibility index (Phi) is 7.77. The highest BCUT2D eigenvalue weighted by molar-refractivity contribution is 5.85. The fourth-order valence-corrected chi connectivity index (χ4v) is 2.30. The maximum atomic E-state index is 12.0. The van der Waals surface area contributed by atoms with Gasteiger partial charge < -0.3 is 10.2 Å². The van der Waals surface area contributed by atoms with E-state index in [2.05, 4.69) is 17.1 Å². The van der Waals surface area contributed by atoms with Crippen LogP contribution >= 0.6 is 12.4 Å². The molecule has 1 rings (SSSR count). The number of halogens is 1. The third kappa shape index (κ3) is 4.30. The molecule has 16 heavy (non-hydrogen) atoms. The molecule has 0 radical (unpaired) electrons. The van der Waals surface area contributed by atoms with Gasteiger partial charge in [0.1, 0.15) is 0 Å². The SMILES string of the molecule is CCC1CCCN(C(=O)C(C)CNC)C1.Cl. The molecular weight excluding hydrogens is 224 g/mol. The van der Waals surface area contributed by atoms with Crippen LogP contribution in [-0.4, -0.2) is 37.5 Å². The van der Waals surface area contributed by atoms with Crippen molar-refractivity contribution in [3.05, 3.63) is 0 Å². The van der Waals surface area contributed by atoms with Crippen molar-refractivity contribution in [2.24, 2.45) is 11.8 Å². The van der Waals surface area contributed by atoms with Gasteiger partial charge in [-0.1, -0.05) is 20.3 Å². The Bertz CT molecular complexity index is 211. The molecule has 1 amide bonds. The maximum Gasteiger partial charge on any atom is 0.226 e. The summed E-state index contributed by atoms with van der Waals surface area (Å²) in [6.07, 6.45) is 3.67. The molecule has 0 saturated carbocycles. The van der Waals surface area contributed by atoms with Crippen LogP contribution in [0.1, 0.15) is 33.1 Å². The third-order valence-corrected chi connectivity index (χ3v) is 3.34. The van der Waals surface area contributed by atoms with E-state index in [4.69, 9.17) is 0 Å². The van der Waals surface area contributed by atoms with Gasteiger partial charge in [-0.25, -0.2) is 0 Å². The van der Waals surface area contributed by atoms with Crippen LogP contribution in [0.15, 0.2) is 0 Å². The second-order valence-corrected chi connectivity index (χ2v) is 4.66. The summed E-state index contributed by atoms with van der Waals surface area (Å²) in [5, 5.41) is 3.07. The van der Waals surface area contributed by atoms with E-state index in [9.17, 15) is 4.79 Å². The van der Waals surface area contributed by atoms with Crippen LogP contribution in [0.4, 0.5) is 0 Å². The van der Waals surface area contributed by atoms with Crippen LogP contribution in [0, 0.1) is 11.8 Å². The predicted octanol–water partition coefficient (Wildman–Crippen LogP) is 1.91. The summed E-state index contributed by atoms with van der Waals surface area (Å²) in [5.41, 5.74) is 0. The first-order chi connectivity index (χ1) is 7.19. The number of hydrogen-bond acceptors (Lipinski definition) is 2. The van der Waals surface area contributed by atoms with E-state index in [0.717, 1.165) is 25.6 Å². The minimum atomic E-state index is 0. The van der Waals surface area contributed by atoms with Crippen molar-refractivity contribution in [3.8, 4) is 0 Å². The van der Waals surface area contributed by atoms with Crippen molar-refractivity contribution in [2.45, 2.75) is 33.1 Å². The van der Waals surface area contributed by atoms with Crippen LogP contribution in [0.2, 0.25) is 0 Å². The van der Waals surface area contributed by atoms with E-state index >= 15 is 0 Å². The summed E-state index contributed by atoms with van der Waals surface area (Å²) in [4.78, 5) is 14.1. The van der Waals surface area contributed by atoms with E-state index < -0.39 is 0 Å². The standard InChI is InChI=1S/C12H24N2O.ClH/c1-4-11-6-5-7-14(9-11)12(15)10(2)8-13-3;/h10-11,13H,4-9H2,1-3H3;1H.